The van der Waals surface area contributed by atoms with Crippen LogP contribution in [-0.2, 0) is 0 Å². The Bertz CT molecular complexity index is 136. The summed E-state index contributed by atoms with van der Waals surface area (Å²) >= 11 is 0. The van der Waals surface area contributed by atoms with E-state index in [1.807, 2.05) is 11.9 Å². The second kappa shape index (κ2) is 4.09. The largest absolute Gasteiger partial charge is 0.340 e. The number of amidine groups is 1. The van der Waals surface area contributed by atoms with Crippen LogP contribution in [0.1, 0.15) is 13.8 Å². The Morgan fingerprint density at radius 2 is 2.10 bits per heavy atom. The number of nitrogens with zero attached hydrogens (tertiary/aromatic N) is 2. The van der Waals surface area contributed by atoms with Gasteiger partial charge in [0.25, 0.3) is 0 Å². The van der Waals surface area contributed by atoms with Crippen LogP contribution < -0.4 is 0 Å². The molecule has 0 bridgehead atoms. The van der Waals surface area contributed by atoms with E-state index < -0.39 is 0 Å². The molecule has 0 rings (SSSR count). The zero-order valence-electron chi connectivity index (χ0n) is 7.26. The van der Waals surface area contributed by atoms with Crippen LogP contribution in [0.2, 0.25) is 0 Å². The van der Waals surface area contributed by atoms with Crippen molar-refractivity contribution in [1.82, 2.24) is 4.90 Å². The van der Waals surface area contributed by atoms with E-state index in [9.17, 15) is 0 Å². The van der Waals surface area contributed by atoms with Crippen molar-refractivity contribution in [3.8, 4) is 0 Å². The molecule has 0 aromatic carbocycles. The molecule has 58 valence electrons. The van der Waals surface area contributed by atoms with Gasteiger partial charge in [-0.25, -0.2) is 0 Å². The first kappa shape index (κ1) is 9.21. The third-order valence-electron chi connectivity index (χ3n) is 1.38. The maximum absolute atomic E-state index is 4.13. The highest BCUT2D eigenvalue weighted by Gasteiger charge is 2.05. The fourth-order valence-corrected chi connectivity index (χ4v) is 0.917. The minimum atomic E-state index is 0.466. The Labute approximate surface area is 63.3 Å². The van der Waals surface area contributed by atoms with Gasteiger partial charge in [0, 0.05) is 20.0 Å². The van der Waals surface area contributed by atoms with Gasteiger partial charge < -0.3 is 4.90 Å². The standard InChI is InChI=1S/C8H16N2/c1-6-10(5)8(9-4)7(2)3/h6-7H,1H2,2-5H3/b9-8-. The van der Waals surface area contributed by atoms with Gasteiger partial charge in [0.1, 0.15) is 5.84 Å². The third-order valence-corrected chi connectivity index (χ3v) is 1.38. The summed E-state index contributed by atoms with van der Waals surface area (Å²) in [4.78, 5) is 6.06. The predicted molar refractivity (Wildman–Crippen MR) is 46.2 cm³/mol. The van der Waals surface area contributed by atoms with Crippen LogP contribution in [0.15, 0.2) is 17.8 Å². The van der Waals surface area contributed by atoms with E-state index in [4.69, 9.17) is 0 Å². The van der Waals surface area contributed by atoms with Crippen molar-refractivity contribution in [3.63, 3.8) is 0 Å². The van der Waals surface area contributed by atoms with Crippen molar-refractivity contribution in [2.75, 3.05) is 14.1 Å². The van der Waals surface area contributed by atoms with E-state index in [2.05, 4.69) is 25.4 Å². The second-order valence-corrected chi connectivity index (χ2v) is 2.53. The highest BCUT2D eigenvalue weighted by atomic mass is 15.1. The Balaban J connectivity index is 4.22. The van der Waals surface area contributed by atoms with E-state index in [0.717, 1.165) is 5.84 Å². The number of hydrogen-bond acceptors (Lipinski definition) is 1. The van der Waals surface area contributed by atoms with Gasteiger partial charge in [-0.3, -0.25) is 4.99 Å². The summed E-state index contributed by atoms with van der Waals surface area (Å²) in [7, 11) is 3.75. The Morgan fingerprint density at radius 1 is 1.60 bits per heavy atom. The first-order valence-electron chi connectivity index (χ1n) is 3.45. The van der Waals surface area contributed by atoms with Gasteiger partial charge in [-0.1, -0.05) is 20.4 Å². The molecule has 0 aliphatic rings. The van der Waals surface area contributed by atoms with Crippen LogP contribution in [0.4, 0.5) is 0 Å². The van der Waals surface area contributed by atoms with Gasteiger partial charge in [0.2, 0.25) is 0 Å². The second-order valence-electron chi connectivity index (χ2n) is 2.53. The van der Waals surface area contributed by atoms with Crippen molar-refractivity contribution in [2.24, 2.45) is 10.9 Å². The monoisotopic (exact) mass is 140 g/mol. The van der Waals surface area contributed by atoms with Crippen LogP contribution in [0.25, 0.3) is 0 Å². The van der Waals surface area contributed by atoms with Crippen molar-refractivity contribution < 1.29 is 0 Å². The van der Waals surface area contributed by atoms with Crippen LogP contribution in [-0.4, -0.2) is 24.8 Å². The SMILES string of the molecule is C=CN(C)/C(=N\C)C(C)C. The summed E-state index contributed by atoms with van der Waals surface area (Å²) in [5.74, 6) is 1.53. The molecule has 0 atom stereocenters. The average molecular weight is 140 g/mol. The highest BCUT2D eigenvalue weighted by Crippen LogP contribution is 2.00. The van der Waals surface area contributed by atoms with Crippen LogP contribution in [0.3, 0.4) is 0 Å². The fraction of sp³-hybridized carbons (Fsp3) is 0.625. The lowest BCUT2D eigenvalue weighted by molar-refractivity contribution is 0.626. The van der Waals surface area contributed by atoms with Gasteiger partial charge in [0.15, 0.2) is 0 Å². The van der Waals surface area contributed by atoms with Crippen LogP contribution >= 0.6 is 0 Å². The number of rotatable bonds is 2. The van der Waals surface area contributed by atoms with Crippen molar-refractivity contribution in [2.45, 2.75) is 13.8 Å². The Hall–Kier alpha value is -0.790. The molecule has 0 aliphatic carbocycles. The zero-order valence-corrected chi connectivity index (χ0v) is 7.26. The van der Waals surface area contributed by atoms with Crippen LogP contribution in [0.5, 0.6) is 0 Å². The van der Waals surface area contributed by atoms with E-state index >= 15 is 0 Å². The maximum atomic E-state index is 4.13. The molecule has 0 saturated heterocycles. The molecule has 0 unspecified atom stereocenters. The van der Waals surface area contributed by atoms with E-state index in [1.54, 1.807) is 13.2 Å². The van der Waals surface area contributed by atoms with Gasteiger partial charge in [-0.05, 0) is 6.20 Å². The van der Waals surface area contributed by atoms with Crippen molar-refractivity contribution >= 4 is 5.84 Å². The molecule has 0 radical (unpaired) electrons. The number of hydrogen-bond donors (Lipinski definition) is 0. The molecule has 0 N–H and O–H groups in total. The summed E-state index contributed by atoms with van der Waals surface area (Å²) < 4.78 is 0. The van der Waals surface area contributed by atoms with E-state index in [0.29, 0.717) is 5.92 Å². The molecule has 0 saturated carbocycles. The fourth-order valence-electron chi connectivity index (χ4n) is 0.917. The maximum Gasteiger partial charge on any atom is 0.105 e. The zero-order chi connectivity index (χ0) is 8.15. The molecular formula is C8H16N2. The predicted octanol–water partition coefficient (Wildman–Crippen LogP) is 1.75. The highest BCUT2D eigenvalue weighted by molar-refractivity contribution is 5.84. The summed E-state index contributed by atoms with van der Waals surface area (Å²) in [5, 5.41) is 0. The molecule has 0 aromatic heterocycles. The van der Waals surface area contributed by atoms with E-state index in [1.165, 1.54) is 0 Å². The van der Waals surface area contributed by atoms with Gasteiger partial charge in [-0.15, -0.1) is 0 Å². The van der Waals surface area contributed by atoms with E-state index in [-0.39, 0.29) is 0 Å². The summed E-state index contributed by atoms with van der Waals surface area (Å²) in [6, 6.07) is 0. The molecule has 0 heterocycles. The molecule has 2 nitrogen and oxygen atoms in total. The van der Waals surface area contributed by atoms with Crippen molar-refractivity contribution in [1.29, 1.82) is 0 Å². The minimum Gasteiger partial charge on any atom is -0.340 e. The summed E-state index contributed by atoms with van der Waals surface area (Å²) in [6.45, 7) is 7.88. The Kier molecular flexibility index (Phi) is 3.77. The lowest BCUT2D eigenvalue weighted by atomic mass is 10.2. The quantitative estimate of drug-likeness (QED) is 0.421. The molecular weight excluding hydrogens is 124 g/mol. The average Bonchev–Trinajstić information content (AvgIpc) is 1.88. The van der Waals surface area contributed by atoms with Crippen molar-refractivity contribution in [3.05, 3.63) is 12.8 Å². The minimum absolute atomic E-state index is 0.466. The normalized spacial score (nSPS) is 11.9. The summed E-state index contributed by atoms with van der Waals surface area (Å²) in [6.07, 6.45) is 1.77. The molecule has 10 heavy (non-hydrogen) atoms. The van der Waals surface area contributed by atoms with Crippen LogP contribution in [0, 0.1) is 5.92 Å². The molecule has 0 amide bonds. The molecule has 0 aliphatic heterocycles. The summed E-state index contributed by atoms with van der Waals surface area (Å²) in [5.41, 5.74) is 0. The lowest BCUT2D eigenvalue weighted by Gasteiger charge is -2.18. The van der Waals surface area contributed by atoms with Gasteiger partial charge >= 0.3 is 0 Å². The first-order valence-corrected chi connectivity index (χ1v) is 3.45. The molecule has 0 spiro atoms. The lowest BCUT2D eigenvalue weighted by Crippen LogP contribution is -2.25. The topological polar surface area (TPSA) is 15.6 Å². The smallest absolute Gasteiger partial charge is 0.105 e. The third kappa shape index (κ3) is 2.21. The van der Waals surface area contributed by atoms with Gasteiger partial charge in [-0.2, -0.15) is 0 Å². The molecule has 0 fully saturated rings. The first-order chi connectivity index (χ1) is 4.63. The molecule has 0 aromatic rings. The van der Waals surface area contributed by atoms with Gasteiger partial charge in [0.05, 0.1) is 0 Å². The molecule has 2 heteroatoms. The Morgan fingerprint density at radius 3 is 2.20 bits per heavy atom. The number of aliphatic imine (C=N–C) groups is 1.